The highest BCUT2D eigenvalue weighted by molar-refractivity contribution is 5.60. The van der Waals surface area contributed by atoms with Gasteiger partial charge in [0.2, 0.25) is 0 Å². The Morgan fingerprint density at radius 2 is 2.18 bits per heavy atom. The van der Waals surface area contributed by atoms with Crippen molar-refractivity contribution in [2.45, 2.75) is 24.4 Å². The zero-order chi connectivity index (χ0) is 8.43. The number of carbonyl (C=O) groups is 1. The normalized spacial score (nSPS) is 34.5. The summed E-state index contributed by atoms with van der Waals surface area (Å²) in [5.41, 5.74) is 0. The van der Waals surface area contributed by atoms with Crippen LogP contribution in [-0.2, 0) is 9.53 Å². The van der Waals surface area contributed by atoms with E-state index < -0.39 is 31.0 Å². The van der Waals surface area contributed by atoms with Gasteiger partial charge in [-0.25, -0.2) is 0 Å². The molecule has 0 amide bonds. The van der Waals surface area contributed by atoms with Crippen molar-refractivity contribution in [1.82, 2.24) is 0 Å². The van der Waals surface area contributed by atoms with Gasteiger partial charge in [0, 0.05) is 0 Å². The minimum absolute atomic E-state index is 0.535. The average Bonchev–Trinajstić information content (AvgIpc) is 2.80. The summed E-state index contributed by atoms with van der Waals surface area (Å²) in [7, 11) is 0. The molecular formula is C6H10O5. The van der Waals surface area contributed by atoms with E-state index in [2.05, 4.69) is 4.74 Å². The van der Waals surface area contributed by atoms with Crippen LogP contribution in [0.15, 0.2) is 0 Å². The Morgan fingerprint density at radius 1 is 1.55 bits per heavy atom. The molecule has 0 saturated carbocycles. The van der Waals surface area contributed by atoms with Crippen LogP contribution < -0.4 is 0 Å². The highest BCUT2D eigenvalue weighted by atomic mass is 16.6. The first-order chi connectivity index (χ1) is 5.20. The Bertz CT molecular complexity index is 148. The quantitative estimate of drug-likeness (QED) is 0.318. The van der Waals surface area contributed by atoms with E-state index in [4.69, 9.17) is 15.3 Å². The standard InChI is InChI=1S/C6H10O5/c7-1-3(9)5(10)6-4(2-8)11-6/h2-7,9-10H,1H2/t3-,4+,5-,6-/m1/s1. The Hall–Kier alpha value is -0.490. The Kier molecular flexibility index (Phi) is 2.56. The Balaban J connectivity index is 2.32. The SMILES string of the molecule is O=C[C@@H]1O[C@H]1[C@H](O)[C@H](O)CO. The van der Waals surface area contributed by atoms with E-state index in [1.807, 2.05) is 0 Å². The monoisotopic (exact) mass is 162 g/mol. The highest BCUT2D eigenvalue weighted by Crippen LogP contribution is 2.24. The third kappa shape index (κ3) is 1.75. The molecule has 4 atom stereocenters. The van der Waals surface area contributed by atoms with Crippen molar-refractivity contribution in [3.8, 4) is 0 Å². The lowest BCUT2D eigenvalue weighted by molar-refractivity contribution is -0.108. The fraction of sp³-hybridized carbons (Fsp3) is 0.833. The van der Waals surface area contributed by atoms with Gasteiger partial charge < -0.3 is 24.9 Å². The van der Waals surface area contributed by atoms with Gasteiger partial charge in [-0.3, -0.25) is 0 Å². The van der Waals surface area contributed by atoms with Crippen LogP contribution in [-0.4, -0.2) is 52.6 Å². The molecule has 1 heterocycles. The van der Waals surface area contributed by atoms with Gasteiger partial charge in [-0.05, 0) is 0 Å². The van der Waals surface area contributed by atoms with Gasteiger partial charge in [0.05, 0.1) is 6.61 Å². The lowest BCUT2D eigenvalue weighted by atomic mass is 10.1. The molecule has 64 valence electrons. The third-order valence-electron chi connectivity index (χ3n) is 1.61. The van der Waals surface area contributed by atoms with Gasteiger partial charge in [-0.2, -0.15) is 0 Å². The minimum Gasteiger partial charge on any atom is -0.394 e. The molecule has 0 radical (unpaired) electrons. The summed E-state index contributed by atoms with van der Waals surface area (Å²) in [4.78, 5) is 10.0. The average molecular weight is 162 g/mol. The molecule has 1 fully saturated rings. The number of aliphatic hydroxyl groups excluding tert-OH is 3. The molecule has 0 aromatic carbocycles. The number of epoxide rings is 1. The van der Waals surface area contributed by atoms with Gasteiger partial charge in [-0.1, -0.05) is 0 Å². The number of hydrogen-bond donors (Lipinski definition) is 3. The van der Waals surface area contributed by atoms with Gasteiger partial charge in [-0.15, -0.1) is 0 Å². The Morgan fingerprint density at radius 3 is 2.55 bits per heavy atom. The van der Waals surface area contributed by atoms with Crippen molar-refractivity contribution < 1.29 is 24.9 Å². The van der Waals surface area contributed by atoms with E-state index in [0.29, 0.717) is 6.29 Å². The second-order valence-corrected chi connectivity index (χ2v) is 2.44. The molecule has 5 nitrogen and oxygen atoms in total. The van der Waals surface area contributed by atoms with Crippen LogP contribution in [0.5, 0.6) is 0 Å². The number of ether oxygens (including phenoxy) is 1. The maximum absolute atomic E-state index is 10.0. The zero-order valence-corrected chi connectivity index (χ0v) is 5.75. The fourth-order valence-corrected chi connectivity index (χ4v) is 0.847. The predicted octanol–water partition coefficient (Wildman–Crippen LogP) is -2.33. The van der Waals surface area contributed by atoms with Crippen molar-refractivity contribution in [3.05, 3.63) is 0 Å². The van der Waals surface area contributed by atoms with E-state index in [-0.39, 0.29) is 0 Å². The summed E-state index contributed by atoms with van der Waals surface area (Å²) in [6, 6.07) is 0. The van der Waals surface area contributed by atoms with E-state index in [9.17, 15) is 4.79 Å². The molecule has 0 spiro atoms. The summed E-state index contributed by atoms with van der Waals surface area (Å²) in [6.07, 6.45) is -3.11. The van der Waals surface area contributed by atoms with Crippen LogP contribution in [0.3, 0.4) is 0 Å². The molecule has 11 heavy (non-hydrogen) atoms. The van der Waals surface area contributed by atoms with E-state index in [0.717, 1.165) is 0 Å². The lowest BCUT2D eigenvalue weighted by Crippen LogP contribution is -2.34. The van der Waals surface area contributed by atoms with Crippen LogP contribution >= 0.6 is 0 Å². The first-order valence-electron chi connectivity index (χ1n) is 3.28. The molecule has 0 unspecified atom stereocenters. The molecule has 1 aliphatic heterocycles. The first kappa shape index (κ1) is 8.61. The molecular weight excluding hydrogens is 152 g/mol. The molecule has 0 aromatic rings. The Labute approximate surface area is 63.2 Å². The molecule has 0 bridgehead atoms. The van der Waals surface area contributed by atoms with Gasteiger partial charge in [0.1, 0.15) is 24.4 Å². The van der Waals surface area contributed by atoms with Crippen LogP contribution in [0.4, 0.5) is 0 Å². The summed E-state index contributed by atoms with van der Waals surface area (Å²) in [6.45, 7) is -0.535. The van der Waals surface area contributed by atoms with Gasteiger partial charge in [0.25, 0.3) is 0 Å². The van der Waals surface area contributed by atoms with Crippen molar-refractivity contribution in [2.75, 3.05) is 6.61 Å². The minimum atomic E-state index is -1.23. The van der Waals surface area contributed by atoms with Crippen molar-refractivity contribution in [2.24, 2.45) is 0 Å². The number of aliphatic hydroxyl groups is 3. The van der Waals surface area contributed by atoms with Gasteiger partial charge in [0.15, 0.2) is 6.29 Å². The molecule has 0 aromatic heterocycles. The van der Waals surface area contributed by atoms with Crippen molar-refractivity contribution >= 4 is 6.29 Å². The summed E-state index contributed by atoms with van der Waals surface area (Å²) in [5.74, 6) is 0. The second-order valence-electron chi connectivity index (χ2n) is 2.44. The van der Waals surface area contributed by atoms with Crippen molar-refractivity contribution in [1.29, 1.82) is 0 Å². The van der Waals surface area contributed by atoms with Crippen LogP contribution in [0, 0.1) is 0 Å². The van der Waals surface area contributed by atoms with Crippen LogP contribution in [0.25, 0.3) is 0 Å². The highest BCUT2D eigenvalue weighted by Gasteiger charge is 2.46. The van der Waals surface area contributed by atoms with Crippen molar-refractivity contribution in [3.63, 3.8) is 0 Å². The molecule has 1 rings (SSSR count). The number of aldehydes is 1. The number of rotatable bonds is 4. The van der Waals surface area contributed by atoms with Gasteiger partial charge >= 0.3 is 0 Å². The van der Waals surface area contributed by atoms with E-state index in [1.54, 1.807) is 0 Å². The molecule has 1 saturated heterocycles. The number of carbonyl (C=O) groups excluding carboxylic acids is 1. The largest absolute Gasteiger partial charge is 0.394 e. The molecule has 1 aliphatic rings. The number of hydrogen-bond acceptors (Lipinski definition) is 5. The molecule has 3 N–H and O–H groups in total. The second kappa shape index (κ2) is 3.27. The lowest BCUT2D eigenvalue weighted by Gasteiger charge is -2.11. The zero-order valence-electron chi connectivity index (χ0n) is 5.75. The topological polar surface area (TPSA) is 90.3 Å². The molecule has 0 aliphatic carbocycles. The first-order valence-corrected chi connectivity index (χ1v) is 3.28. The van der Waals surface area contributed by atoms with E-state index in [1.165, 1.54) is 0 Å². The predicted molar refractivity (Wildman–Crippen MR) is 33.8 cm³/mol. The summed E-state index contributed by atoms with van der Waals surface area (Å²) in [5, 5.41) is 26.3. The summed E-state index contributed by atoms with van der Waals surface area (Å²) < 4.78 is 4.66. The van der Waals surface area contributed by atoms with Crippen LogP contribution in [0.1, 0.15) is 0 Å². The smallest absolute Gasteiger partial charge is 0.151 e. The maximum atomic E-state index is 10.0. The maximum Gasteiger partial charge on any atom is 0.151 e. The molecule has 5 heteroatoms. The van der Waals surface area contributed by atoms with Crippen LogP contribution in [0.2, 0.25) is 0 Å². The third-order valence-corrected chi connectivity index (χ3v) is 1.61. The fourth-order valence-electron chi connectivity index (χ4n) is 0.847. The van der Waals surface area contributed by atoms with E-state index >= 15 is 0 Å². The summed E-state index contributed by atoms with van der Waals surface area (Å²) >= 11 is 0.